The minimum Gasteiger partial charge on any atom is -0.378 e. The second kappa shape index (κ2) is 9.69. The van der Waals surface area contributed by atoms with Gasteiger partial charge in [-0.15, -0.1) is 11.3 Å². The highest BCUT2D eigenvalue weighted by molar-refractivity contribution is 8.00. The number of hydrogen-bond acceptors (Lipinski definition) is 6. The van der Waals surface area contributed by atoms with Crippen LogP contribution in [0.1, 0.15) is 15.7 Å². The number of rotatable bonds is 5. The lowest BCUT2D eigenvalue weighted by molar-refractivity contribution is -0.134. The molecule has 1 unspecified atom stereocenters. The summed E-state index contributed by atoms with van der Waals surface area (Å²) in [6.07, 6.45) is 0. The smallest absolute Gasteiger partial charge is 0.260 e. The molecular weight excluding hydrogens is 473 g/mol. The van der Waals surface area contributed by atoms with E-state index in [0.717, 1.165) is 21.6 Å². The third-order valence-corrected chi connectivity index (χ3v) is 7.85. The van der Waals surface area contributed by atoms with Gasteiger partial charge in [0.15, 0.2) is 5.16 Å². The lowest BCUT2D eigenvalue weighted by atomic mass is 10.0. The van der Waals surface area contributed by atoms with Crippen LogP contribution in [0.5, 0.6) is 0 Å². The number of aromatic amines is 1. The molecule has 0 bridgehead atoms. The third kappa shape index (κ3) is 4.51. The molecule has 3 heterocycles. The van der Waals surface area contributed by atoms with E-state index in [0.29, 0.717) is 41.7 Å². The second-order valence-corrected chi connectivity index (χ2v) is 10.2. The third-order valence-electron chi connectivity index (χ3n) is 5.73. The number of benzene rings is 2. The van der Waals surface area contributed by atoms with Crippen molar-refractivity contribution >= 4 is 39.2 Å². The molecule has 1 aliphatic heterocycles. The molecule has 1 amide bonds. The van der Waals surface area contributed by atoms with Crippen molar-refractivity contribution in [3.05, 3.63) is 81.2 Å². The van der Waals surface area contributed by atoms with Crippen molar-refractivity contribution < 1.29 is 13.9 Å². The van der Waals surface area contributed by atoms with E-state index in [2.05, 4.69) is 4.98 Å². The molecule has 1 saturated heterocycles. The number of fused-ring (bicyclic) bond motifs is 1. The highest BCUT2D eigenvalue weighted by Gasteiger charge is 2.29. The molecule has 1 atom stereocenters. The topological polar surface area (TPSA) is 75.3 Å². The molecule has 0 spiro atoms. The Morgan fingerprint density at radius 1 is 1.15 bits per heavy atom. The summed E-state index contributed by atoms with van der Waals surface area (Å²) in [5, 5.41) is 0.326. The Labute approximate surface area is 203 Å². The van der Waals surface area contributed by atoms with Crippen molar-refractivity contribution in [3.63, 3.8) is 0 Å². The standard InChI is InChI=1S/C25H22FN3O3S2/c1-15-19(16-7-9-18(26)10-8-16)20-22(30)27-25(28-23(20)33-15)34-21(17-5-3-2-4-6-17)24(31)29-11-13-32-14-12-29/h2-10,21H,11-14H2,1H3,(H,27,28,30). The number of aromatic nitrogens is 2. The maximum atomic E-state index is 13.4. The van der Waals surface area contributed by atoms with Gasteiger partial charge in [-0.3, -0.25) is 9.59 Å². The molecule has 1 fully saturated rings. The number of morpholine rings is 1. The Kier molecular flexibility index (Phi) is 6.49. The molecule has 6 nitrogen and oxygen atoms in total. The van der Waals surface area contributed by atoms with Crippen LogP contribution in [0.4, 0.5) is 4.39 Å². The highest BCUT2D eigenvalue weighted by Crippen LogP contribution is 2.39. The Balaban J connectivity index is 1.53. The molecule has 34 heavy (non-hydrogen) atoms. The van der Waals surface area contributed by atoms with E-state index in [4.69, 9.17) is 9.72 Å². The fraction of sp³-hybridized carbons (Fsp3) is 0.240. The fourth-order valence-corrected chi connectivity index (χ4v) is 6.23. The molecule has 1 N–H and O–H groups in total. The van der Waals surface area contributed by atoms with Crippen molar-refractivity contribution in [2.75, 3.05) is 26.3 Å². The first-order valence-electron chi connectivity index (χ1n) is 10.9. The zero-order valence-corrected chi connectivity index (χ0v) is 20.0. The Bertz CT molecular complexity index is 1380. The molecule has 9 heteroatoms. The number of carbonyl (C=O) groups excluding carboxylic acids is 1. The number of nitrogens with one attached hydrogen (secondary N) is 1. The lowest BCUT2D eigenvalue weighted by Gasteiger charge is -2.30. The maximum absolute atomic E-state index is 13.4. The normalized spacial score (nSPS) is 14.9. The summed E-state index contributed by atoms with van der Waals surface area (Å²) in [6, 6.07) is 15.6. The predicted octanol–water partition coefficient (Wildman–Crippen LogP) is 4.79. The van der Waals surface area contributed by atoms with Crippen LogP contribution in [-0.4, -0.2) is 47.1 Å². The summed E-state index contributed by atoms with van der Waals surface area (Å²) in [5.41, 5.74) is 2.10. The van der Waals surface area contributed by atoms with Crippen molar-refractivity contribution in [1.29, 1.82) is 0 Å². The van der Waals surface area contributed by atoms with Gasteiger partial charge in [0.05, 0.1) is 18.6 Å². The van der Waals surface area contributed by atoms with Crippen molar-refractivity contribution in [2.24, 2.45) is 0 Å². The predicted molar refractivity (Wildman–Crippen MR) is 133 cm³/mol. The minimum atomic E-state index is -0.544. The highest BCUT2D eigenvalue weighted by atomic mass is 32.2. The van der Waals surface area contributed by atoms with E-state index in [1.807, 2.05) is 37.3 Å². The number of H-pyrrole nitrogens is 1. The number of amides is 1. The number of ether oxygens (including phenoxy) is 1. The average molecular weight is 496 g/mol. The SMILES string of the molecule is Cc1sc2nc(SC(C(=O)N3CCOCC3)c3ccccc3)[nH]c(=O)c2c1-c1ccc(F)cc1. The summed E-state index contributed by atoms with van der Waals surface area (Å²) in [7, 11) is 0. The first kappa shape index (κ1) is 22.8. The van der Waals surface area contributed by atoms with E-state index in [1.54, 1.807) is 17.0 Å². The zero-order chi connectivity index (χ0) is 23.7. The average Bonchev–Trinajstić information content (AvgIpc) is 3.20. The Hall–Kier alpha value is -3.01. The number of carbonyl (C=O) groups is 1. The number of aryl methyl sites for hydroxylation is 1. The molecule has 1 aliphatic rings. The van der Waals surface area contributed by atoms with E-state index >= 15 is 0 Å². The number of thiophene rings is 1. The van der Waals surface area contributed by atoms with Gasteiger partial charge in [-0.2, -0.15) is 0 Å². The summed E-state index contributed by atoms with van der Waals surface area (Å²) < 4.78 is 18.8. The van der Waals surface area contributed by atoms with Gasteiger partial charge < -0.3 is 14.6 Å². The molecule has 4 aromatic rings. The molecule has 2 aromatic carbocycles. The quantitative estimate of drug-likeness (QED) is 0.318. The minimum absolute atomic E-state index is 0.0309. The van der Waals surface area contributed by atoms with Crippen molar-refractivity contribution in [1.82, 2.24) is 14.9 Å². The van der Waals surface area contributed by atoms with Gasteiger partial charge in [-0.05, 0) is 30.2 Å². The van der Waals surface area contributed by atoms with E-state index < -0.39 is 5.25 Å². The van der Waals surface area contributed by atoms with E-state index in [-0.39, 0.29) is 17.3 Å². The molecule has 0 saturated carbocycles. The fourth-order valence-electron chi connectivity index (χ4n) is 4.07. The van der Waals surface area contributed by atoms with Crippen molar-refractivity contribution in [2.45, 2.75) is 17.3 Å². The van der Waals surface area contributed by atoms with Crippen LogP contribution in [0, 0.1) is 12.7 Å². The first-order valence-corrected chi connectivity index (χ1v) is 12.6. The Morgan fingerprint density at radius 3 is 2.56 bits per heavy atom. The summed E-state index contributed by atoms with van der Waals surface area (Å²) in [6.45, 7) is 4.03. The number of thioether (sulfide) groups is 1. The summed E-state index contributed by atoms with van der Waals surface area (Å²) >= 11 is 2.66. The van der Waals surface area contributed by atoms with Gasteiger partial charge in [0.2, 0.25) is 5.91 Å². The molecule has 174 valence electrons. The van der Waals surface area contributed by atoms with Crippen LogP contribution in [0.15, 0.2) is 64.5 Å². The van der Waals surface area contributed by atoms with Crippen LogP contribution in [-0.2, 0) is 9.53 Å². The van der Waals surface area contributed by atoms with Crippen LogP contribution in [0.2, 0.25) is 0 Å². The van der Waals surface area contributed by atoms with Crippen molar-refractivity contribution in [3.8, 4) is 11.1 Å². The Morgan fingerprint density at radius 2 is 1.85 bits per heavy atom. The number of halogens is 1. The largest absolute Gasteiger partial charge is 0.378 e. The van der Waals surface area contributed by atoms with Crippen LogP contribution in [0.25, 0.3) is 21.3 Å². The molecule has 0 radical (unpaired) electrons. The van der Waals surface area contributed by atoms with Gasteiger partial charge in [0.1, 0.15) is 15.9 Å². The van der Waals surface area contributed by atoms with Gasteiger partial charge >= 0.3 is 0 Å². The van der Waals surface area contributed by atoms with Crippen LogP contribution >= 0.6 is 23.1 Å². The lowest BCUT2D eigenvalue weighted by Crippen LogP contribution is -2.42. The van der Waals surface area contributed by atoms with Crippen LogP contribution < -0.4 is 5.56 Å². The monoisotopic (exact) mass is 495 g/mol. The summed E-state index contributed by atoms with van der Waals surface area (Å²) in [5.74, 6) is -0.361. The second-order valence-electron chi connectivity index (χ2n) is 7.94. The number of hydrogen-bond donors (Lipinski definition) is 1. The summed E-state index contributed by atoms with van der Waals surface area (Å²) in [4.78, 5) is 37.5. The van der Waals surface area contributed by atoms with Gasteiger partial charge in [0, 0.05) is 23.5 Å². The first-order chi connectivity index (χ1) is 16.5. The molecular formula is C25H22FN3O3S2. The number of nitrogens with zero attached hydrogens (tertiary/aromatic N) is 2. The zero-order valence-electron chi connectivity index (χ0n) is 18.4. The van der Waals surface area contributed by atoms with E-state index in [9.17, 15) is 14.0 Å². The molecule has 2 aromatic heterocycles. The van der Waals surface area contributed by atoms with Gasteiger partial charge in [-0.1, -0.05) is 54.2 Å². The van der Waals surface area contributed by atoms with E-state index in [1.165, 1.54) is 35.2 Å². The molecule has 5 rings (SSSR count). The van der Waals surface area contributed by atoms with Crippen LogP contribution in [0.3, 0.4) is 0 Å². The molecule has 0 aliphatic carbocycles. The van der Waals surface area contributed by atoms with Gasteiger partial charge in [-0.25, -0.2) is 9.37 Å². The maximum Gasteiger partial charge on any atom is 0.260 e. The van der Waals surface area contributed by atoms with Gasteiger partial charge in [0.25, 0.3) is 5.56 Å².